The zero-order chi connectivity index (χ0) is 15.8. The zero-order valence-corrected chi connectivity index (χ0v) is 14.3. The Hall–Kier alpha value is -0.810. The zero-order valence-electron chi connectivity index (χ0n) is 14.3. The second-order valence-corrected chi connectivity index (χ2v) is 8.35. The molecule has 0 aromatic rings. The third-order valence-electron chi connectivity index (χ3n) is 5.09. The first-order valence-corrected chi connectivity index (χ1v) is 8.84. The summed E-state index contributed by atoms with van der Waals surface area (Å²) in [6.45, 7) is 8.99. The molecule has 3 rings (SSSR count). The van der Waals surface area contributed by atoms with Crippen LogP contribution >= 0.6 is 0 Å². The van der Waals surface area contributed by atoms with Crippen LogP contribution < -0.4 is 10.6 Å². The van der Waals surface area contributed by atoms with Crippen LogP contribution in [0.5, 0.6) is 0 Å². The summed E-state index contributed by atoms with van der Waals surface area (Å²) in [5.74, 6) is 0. The maximum Gasteiger partial charge on any atom is 0.408 e. The van der Waals surface area contributed by atoms with Crippen molar-refractivity contribution in [3.8, 4) is 0 Å². The van der Waals surface area contributed by atoms with Crippen molar-refractivity contribution >= 4 is 6.09 Å². The van der Waals surface area contributed by atoms with Crippen molar-refractivity contribution in [3.63, 3.8) is 0 Å². The predicted octanol–water partition coefficient (Wildman–Crippen LogP) is 2.26. The SMILES string of the molecule is CC(C)(C)OC(=O)NC1(CNC2CCN(C3CC3)C2)CCC1. The molecule has 0 bridgehead atoms. The Bertz CT molecular complexity index is 411. The summed E-state index contributed by atoms with van der Waals surface area (Å²) in [6.07, 6.45) is 7.03. The highest BCUT2D eigenvalue weighted by Crippen LogP contribution is 2.33. The van der Waals surface area contributed by atoms with E-state index in [-0.39, 0.29) is 11.6 Å². The Kier molecular flexibility index (Phi) is 4.38. The number of carbonyl (C=O) groups excluding carboxylic acids is 1. The van der Waals surface area contributed by atoms with Gasteiger partial charge in [0.1, 0.15) is 5.60 Å². The van der Waals surface area contributed by atoms with Gasteiger partial charge in [0.2, 0.25) is 0 Å². The Morgan fingerprint density at radius 3 is 2.55 bits per heavy atom. The second-order valence-electron chi connectivity index (χ2n) is 8.35. The summed E-state index contributed by atoms with van der Waals surface area (Å²) in [5.41, 5.74) is -0.520. The van der Waals surface area contributed by atoms with Crippen LogP contribution in [0.2, 0.25) is 0 Å². The van der Waals surface area contributed by atoms with Gasteiger partial charge in [-0.3, -0.25) is 4.90 Å². The maximum atomic E-state index is 12.0. The molecule has 126 valence electrons. The molecule has 3 fully saturated rings. The smallest absolute Gasteiger partial charge is 0.408 e. The lowest BCUT2D eigenvalue weighted by molar-refractivity contribution is 0.0379. The molecule has 1 aliphatic heterocycles. The van der Waals surface area contributed by atoms with Gasteiger partial charge in [0.05, 0.1) is 5.54 Å². The van der Waals surface area contributed by atoms with Crippen molar-refractivity contribution in [2.75, 3.05) is 19.6 Å². The van der Waals surface area contributed by atoms with Gasteiger partial charge in [-0.05, 0) is 59.3 Å². The summed E-state index contributed by atoms with van der Waals surface area (Å²) < 4.78 is 5.41. The normalized spacial score (nSPS) is 28.2. The highest BCUT2D eigenvalue weighted by atomic mass is 16.6. The number of carbonyl (C=O) groups is 1. The number of rotatable bonds is 5. The van der Waals surface area contributed by atoms with Gasteiger partial charge >= 0.3 is 6.09 Å². The number of ether oxygens (including phenoxy) is 1. The van der Waals surface area contributed by atoms with Crippen molar-refractivity contribution < 1.29 is 9.53 Å². The van der Waals surface area contributed by atoms with E-state index in [0.29, 0.717) is 6.04 Å². The van der Waals surface area contributed by atoms with Crippen molar-refractivity contribution in [1.82, 2.24) is 15.5 Å². The van der Waals surface area contributed by atoms with Gasteiger partial charge in [-0.1, -0.05) is 0 Å². The molecule has 1 unspecified atom stereocenters. The van der Waals surface area contributed by atoms with Gasteiger partial charge in [-0.25, -0.2) is 4.79 Å². The number of alkyl carbamates (subject to hydrolysis) is 1. The molecule has 22 heavy (non-hydrogen) atoms. The van der Waals surface area contributed by atoms with E-state index in [0.717, 1.165) is 25.4 Å². The lowest BCUT2D eigenvalue weighted by atomic mass is 9.76. The first-order chi connectivity index (χ1) is 10.4. The van der Waals surface area contributed by atoms with Crippen LogP contribution in [0.3, 0.4) is 0 Å². The molecule has 5 nitrogen and oxygen atoms in total. The number of nitrogens with zero attached hydrogens (tertiary/aromatic N) is 1. The summed E-state index contributed by atoms with van der Waals surface area (Å²) >= 11 is 0. The van der Waals surface area contributed by atoms with E-state index in [1.165, 1.54) is 38.8 Å². The Labute approximate surface area is 134 Å². The lowest BCUT2D eigenvalue weighted by Crippen LogP contribution is -2.61. The number of hydrogen-bond acceptors (Lipinski definition) is 4. The number of amides is 1. The lowest BCUT2D eigenvalue weighted by Gasteiger charge is -2.43. The van der Waals surface area contributed by atoms with Crippen molar-refractivity contribution in [2.24, 2.45) is 0 Å². The number of likely N-dealkylation sites (tertiary alicyclic amines) is 1. The van der Waals surface area contributed by atoms with E-state index >= 15 is 0 Å². The van der Waals surface area contributed by atoms with Gasteiger partial charge in [0.25, 0.3) is 0 Å². The summed E-state index contributed by atoms with van der Waals surface area (Å²) in [7, 11) is 0. The van der Waals surface area contributed by atoms with Gasteiger partial charge in [0, 0.05) is 31.7 Å². The molecule has 1 amide bonds. The molecule has 2 N–H and O–H groups in total. The third kappa shape index (κ3) is 4.13. The van der Waals surface area contributed by atoms with Crippen LogP contribution in [-0.2, 0) is 4.74 Å². The van der Waals surface area contributed by atoms with Gasteiger partial charge < -0.3 is 15.4 Å². The van der Waals surface area contributed by atoms with Crippen molar-refractivity contribution in [2.45, 2.75) is 82.5 Å². The van der Waals surface area contributed by atoms with E-state index in [1.54, 1.807) is 0 Å². The standard InChI is InChI=1S/C17H31N3O2/c1-16(2,3)22-15(21)19-17(8-4-9-17)12-18-13-7-10-20(11-13)14-5-6-14/h13-14,18H,4-12H2,1-3H3,(H,19,21). The molecule has 0 spiro atoms. The molecule has 3 aliphatic rings. The van der Waals surface area contributed by atoms with Crippen LogP contribution in [0.4, 0.5) is 4.79 Å². The van der Waals surface area contributed by atoms with Crippen molar-refractivity contribution in [3.05, 3.63) is 0 Å². The summed E-state index contributed by atoms with van der Waals surface area (Å²) in [6, 6.07) is 1.45. The molecule has 5 heteroatoms. The molecular weight excluding hydrogens is 278 g/mol. The molecule has 0 aromatic carbocycles. The van der Waals surface area contributed by atoms with Crippen LogP contribution in [0, 0.1) is 0 Å². The van der Waals surface area contributed by atoms with Gasteiger partial charge in [-0.15, -0.1) is 0 Å². The molecule has 1 heterocycles. The molecular formula is C17H31N3O2. The minimum Gasteiger partial charge on any atom is -0.444 e. The van der Waals surface area contributed by atoms with Gasteiger partial charge in [0.15, 0.2) is 0 Å². The van der Waals surface area contributed by atoms with Crippen LogP contribution in [0.1, 0.15) is 59.3 Å². The summed E-state index contributed by atoms with van der Waals surface area (Å²) in [5, 5.41) is 6.81. The third-order valence-corrected chi connectivity index (χ3v) is 5.09. The molecule has 0 aromatic heterocycles. The Balaban J connectivity index is 1.44. The fourth-order valence-electron chi connectivity index (χ4n) is 3.53. The average molecular weight is 309 g/mol. The van der Waals surface area contributed by atoms with Crippen LogP contribution in [0.25, 0.3) is 0 Å². The number of hydrogen-bond donors (Lipinski definition) is 2. The summed E-state index contributed by atoms with van der Waals surface area (Å²) in [4.78, 5) is 14.7. The number of nitrogens with one attached hydrogen (secondary N) is 2. The highest BCUT2D eigenvalue weighted by molar-refractivity contribution is 5.69. The van der Waals surface area contributed by atoms with E-state index < -0.39 is 5.60 Å². The van der Waals surface area contributed by atoms with E-state index in [1.807, 2.05) is 20.8 Å². The monoisotopic (exact) mass is 309 g/mol. The minimum absolute atomic E-state index is 0.0880. The quantitative estimate of drug-likeness (QED) is 0.818. The van der Waals surface area contributed by atoms with Gasteiger partial charge in [-0.2, -0.15) is 0 Å². The van der Waals surface area contributed by atoms with Crippen LogP contribution in [-0.4, -0.2) is 53.9 Å². The topological polar surface area (TPSA) is 53.6 Å². The molecule has 1 saturated heterocycles. The fourth-order valence-corrected chi connectivity index (χ4v) is 3.53. The molecule has 0 radical (unpaired) electrons. The average Bonchev–Trinajstić information content (AvgIpc) is 3.10. The minimum atomic E-state index is -0.432. The Morgan fingerprint density at radius 1 is 1.27 bits per heavy atom. The fraction of sp³-hybridized carbons (Fsp3) is 0.941. The molecule has 2 aliphatic carbocycles. The first kappa shape index (κ1) is 16.1. The van der Waals surface area contributed by atoms with E-state index in [2.05, 4.69) is 15.5 Å². The Morgan fingerprint density at radius 2 is 2.00 bits per heavy atom. The first-order valence-electron chi connectivity index (χ1n) is 8.84. The maximum absolute atomic E-state index is 12.0. The molecule has 2 saturated carbocycles. The van der Waals surface area contributed by atoms with E-state index in [9.17, 15) is 4.79 Å². The highest BCUT2D eigenvalue weighted by Gasteiger charge is 2.41. The second kappa shape index (κ2) is 6.00. The van der Waals surface area contributed by atoms with Crippen LogP contribution in [0.15, 0.2) is 0 Å². The molecule has 1 atom stereocenters. The van der Waals surface area contributed by atoms with E-state index in [4.69, 9.17) is 4.74 Å². The predicted molar refractivity (Wildman–Crippen MR) is 87.0 cm³/mol. The van der Waals surface area contributed by atoms with Crippen molar-refractivity contribution in [1.29, 1.82) is 0 Å². The largest absolute Gasteiger partial charge is 0.444 e.